The molecule has 1 aliphatic heterocycles. The Morgan fingerprint density at radius 1 is 1.38 bits per heavy atom. The van der Waals surface area contributed by atoms with Gasteiger partial charge in [-0.05, 0) is 49.9 Å². The molecular formula is C15H23ClN2O2S. The monoisotopic (exact) mass is 330 g/mol. The fraction of sp³-hybridized carbons (Fsp3) is 0.600. The van der Waals surface area contributed by atoms with Crippen molar-refractivity contribution in [3.05, 3.63) is 34.9 Å². The molecule has 118 valence electrons. The Morgan fingerprint density at radius 3 is 2.62 bits per heavy atom. The lowest BCUT2D eigenvalue weighted by atomic mass is 10.1. The van der Waals surface area contributed by atoms with Crippen LogP contribution in [0.5, 0.6) is 0 Å². The molecule has 1 aromatic carbocycles. The largest absolute Gasteiger partial charge is 0.314 e. The van der Waals surface area contributed by atoms with E-state index in [-0.39, 0.29) is 0 Å². The van der Waals surface area contributed by atoms with Gasteiger partial charge in [0, 0.05) is 24.2 Å². The molecule has 0 amide bonds. The van der Waals surface area contributed by atoms with E-state index in [1.54, 1.807) is 4.31 Å². The Balaban J connectivity index is 1.75. The predicted molar refractivity (Wildman–Crippen MR) is 87.1 cm³/mol. The summed E-state index contributed by atoms with van der Waals surface area (Å²) in [6.45, 7) is 4.30. The fourth-order valence-electron chi connectivity index (χ4n) is 2.68. The molecule has 1 fully saturated rings. The molecule has 0 spiro atoms. The minimum atomic E-state index is -3.03. The lowest BCUT2D eigenvalue weighted by Gasteiger charge is -2.18. The van der Waals surface area contributed by atoms with E-state index in [0.717, 1.165) is 24.4 Å². The Hall–Kier alpha value is -0.620. The number of hydrogen-bond acceptors (Lipinski definition) is 3. The zero-order valence-corrected chi connectivity index (χ0v) is 14.1. The van der Waals surface area contributed by atoms with Crippen LogP contribution < -0.4 is 5.32 Å². The zero-order chi connectivity index (χ0) is 15.5. The van der Waals surface area contributed by atoms with E-state index < -0.39 is 10.0 Å². The van der Waals surface area contributed by atoms with E-state index in [0.29, 0.717) is 25.0 Å². The number of nitrogens with zero attached hydrogens (tertiary/aromatic N) is 1. The molecule has 1 aromatic rings. The highest BCUT2D eigenvalue weighted by Gasteiger charge is 2.28. The summed E-state index contributed by atoms with van der Waals surface area (Å²) in [5.74, 6) is 0.410. The summed E-state index contributed by atoms with van der Waals surface area (Å²) in [6, 6.07) is 8.26. The molecule has 1 N–H and O–H groups in total. The SMILES string of the molecule is C[C@H](Cc1ccc(Cl)cc1)NC[C@@H]1CCN(S(C)(=O)=O)C1. The van der Waals surface area contributed by atoms with Gasteiger partial charge in [-0.2, -0.15) is 0 Å². The molecular weight excluding hydrogens is 308 g/mol. The number of rotatable bonds is 6. The smallest absolute Gasteiger partial charge is 0.211 e. The van der Waals surface area contributed by atoms with Crippen molar-refractivity contribution in [3.8, 4) is 0 Å². The molecule has 0 unspecified atom stereocenters. The highest BCUT2D eigenvalue weighted by molar-refractivity contribution is 7.88. The van der Waals surface area contributed by atoms with E-state index in [1.807, 2.05) is 24.3 Å². The molecule has 0 aliphatic carbocycles. The van der Waals surface area contributed by atoms with Crippen LogP contribution in [-0.4, -0.2) is 44.7 Å². The maximum absolute atomic E-state index is 11.5. The van der Waals surface area contributed by atoms with Crippen LogP contribution in [0.2, 0.25) is 5.02 Å². The minimum Gasteiger partial charge on any atom is -0.314 e. The molecule has 2 atom stereocenters. The van der Waals surface area contributed by atoms with Crippen LogP contribution in [-0.2, 0) is 16.4 Å². The zero-order valence-electron chi connectivity index (χ0n) is 12.5. The van der Waals surface area contributed by atoms with Gasteiger partial charge in [0.05, 0.1) is 6.26 Å². The third-order valence-electron chi connectivity index (χ3n) is 3.93. The average molecular weight is 331 g/mol. The third kappa shape index (κ3) is 5.25. The Kier molecular flexibility index (Phi) is 5.66. The highest BCUT2D eigenvalue weighted by Crippen LogP contribution is 2.18. The molecule has 0 radical (unpaired) electrons. The summed E-state index contributed by atoms with van der Waals surface area (Å²) in [5.41, 5.74) is 1.25. The first-order valence-electron chi connectivity index (χ1n) is 7.27. The number of nitrogens with one attached hydrogen (secondary N) is 1. The van der Waals surface area contributed by atoms with Crippen molar-refractivity contribution < 1.29 is 8.42 Å². The van der Waals surface area contributed by atoms with Crippen LogP contribution in [0, 0.1) is 5.92 Å². The maximum atomic E-state index is 11.5. The minimum absolute atomic E-state index is 0.360. The summed E-state index contributed by atoms with van der Waals surface area (Å²) < 4.78 is 24.5. The second kappa shape index (κ2) is 7.09. The van der Waals surface area contributed by atoms with E-state index in [4.69, 9.17) is 11.6 Å². The molecule has 1 aliphatic rings. The Morgan fingerprint density at radius 2 is 2.05 bits per heavy atom. The first-order chi connectivity index (χ1) is 9.84. The first-order valence-corrected chi connectivity index (χ1v) is 9.50. The quantitative estimate of drug-likeness (QED) is 0.869. The van der Waals surface area contributed by atoms with Crippen LogP contribution in [0.4, 0.5) is 0 Å². The number of sulfonamides is 1. The molecule has 0 aromatic heterocycles. The van der Waals surface area contributed by atoms with Crippen molar-refractivity contribution in [3.63, 3.8) is 0 Å². The molecule has 1 saturated heterocycles. The fourth-order valence-corrected chi connectivity index (χ4v) is 3.72. The second-order valence-electron chi connectivity index (χ2n) is 5.92. The van der Waals surface area contributed by atoms with Crippen LogP contribution >= 0.6 is 11.6 Å². The Bertz CT molecular complexity index is 560. The van der Waals surface area contributed by atoms with Gasteiger partial charge in [-0.3, -0.25) is 0 Å². The molecule has 6 heteroatoms. The van der Waals surface area contributed by atoms with Gasteiger partial charge < -0.3 is 5.32 Å². The van der Waals surface area contributed by atoms with Gasteiger partial charge in [0.2, 0.25) is 10.0 Å². The van der Waals surface area contributed by atoms with E-state index >= 15 is 0 Å². The van der Waals surface area contributed by atoms with E-state index in [9.17, 15) is 8.42 Å². The highest BCUT2D eigenvalue weighted by atomic mass is 35.5. The van der Waals surface area contributed by atoms with Crippen molar-refractivity contribution in [2.24, 2.45) is 5.92 Å². The van der Waals surface area contributed by atoms with Crippen LogP contribution in [0.25, 0.3) is 0 Å². The van der Waals surface area contributed by atoms with Gasteiger partial charge in [0.15, 0.2) is 0 Å². The average Bonchev–Trinajstić information content (AvgIpc) is 2.88. The van der Waals surface area contributed by atoms with Gasteiger partial charge in [0.1, 0.15) is 0 Å². The van der Waals surface area contributed by atoms with Gasteiger partial charge >= 0.3 is 0 Å². The van der Waals surface area contributed by atoms with Crippen molar-refractivity contribution in [2.75, 3.05) is 25.9 Å². The van der Waals surface area contributed by atoms with E-state index in [2.05, 4.69) is 12.2 Å². The summed E-state index contributed by atoms with van der Waals surface area (Å²) >= 11 is 5.88. The summed E-state index contributed by atoms with van der Waals surface area (Å²) in [7, 11) is -3.03. The van der Waals surface area contributed by atoms with Crippen LogP contribution in [0.15, 0.2) is 24.3 Å². The van der Waals surface area contributed by atoms with Crippen molar-refractivity contribution in [1.29, 1.82) is 0 Å². The second-order valence-corrected chi connectivity index (χ2v) is 8.33. The van der Waals surface area contributed by atoms with Crippen molar-refractivity contribution in [1.82, 2.24) is 9.62 Å². The van der Waals surface area contributed by atoms with E-state index in [1.165, 1.54) is 11.8 Å². The van der Waals surface area contributed by atoms with Crippen molar-refractivity contribution in [2.45, 2.75) is 25.8 Å². The van der Waals surface area contributed by atoms with Gasteiger partial charge in [0.25, 0.3) is 0 Å². The standard InChI is InChI=1S/C15H23ClN2O2S/c1-12(9-13-3-5-15(16)6-4-13)17-10-14-7-8-18(11-14)21(2,19)20/h3-6,12,14,17H,7-11H2,1-2H3/t12-,14+/m1/s1. The van der Waals surface area contributed by atoms with Crippen LogP contribution in [0.1, 0.15) is 18.9 Å². The first kappa shape index (κ1) is 16.7. The van der Waals surface area contributed by atoms with Gasteiger partial charge in [-0.1, -0.05) is 23.7 Å². The van der Waals surface area contributed by atoms with Crippen molar-refractivity contribution >= 4 is 21.6 Å². The molecule has 0 bridgehead atoms. The maximum Gasteiger partial charge on any atom is 0.211 e. The van der Waals surface area contributed by atoms with Gasteiger partial charge in [-0.25, -0.2) is 12.7 Å². The molecule has 0 saturated carbocycles. The normalized spacial score (nSPS) is 21.6. The summed E-state index contributed by atoms with van der Waals surface area (Å²) in [5, 5.41) is 4.26. The molecule has 2 rings (SSSR count). The summed E-state index contributed by atoms with van der Waals surface area (Å²) in [4.78, 5) is 0. The Labute approximate surface area is 132 Å². The lowest BCUT2D eigenvalue weighted by molar-refractivity contribution is 0.428. The number of halogens is 1. The van der Waals surface area contributed by atoms with Crippen LogP contribution in [0.3, 0.4) is 0 Å². The third-order valence-corrected chi connectivity index (χ3v) is 5.45. The summed E-state index contributed by atoms with van der Waals surface area (Å²) in [6.07, 6.45) is 3.17. The molecule has 21 heavy (non-hydrogen) atoms. The number of hydrogen-bond donors (Lipinski definition) is 1. The molecule has 1 heterocycles. The molecule has 4 nitrogen and oxygen atoms in total. The van der Waals surface area contributed by atoms with Gasteiger partial charge in [-0.15, -0.1) is 0 Å². The topological polar surface area (TPSA) is 49.4 Å². The number of benzene rings is 1. The lowest BCUT2D eigenvalue weighted by Crippen LogP contribution is -2.34. The predicted octanol–water partition coefficient (Wildman–Crippen LogP) is 2.14.